The lowest BCUT2D eigenvalue weighted by molar-refractivity contribution is -0.133. The molecule has 0 spiro atoms. The Labute approximate surface area is 158 Å². The van der Waals surface area contributed by atoms with Crippen molar-refractivity contribution in [2.24, 2.45) is 0 Å². The van der Waals surface area contributed by atoms with Crippen LogP contribution in [0, 0.1) is 0 Å². The van der Waals surface area contributed by atoms with Crippen molar-refractivity contribution in [1.82, 2.24) is 15.1 Å². The van der Waals surface area contributed by atoms with Crippen LogP contribution in [0.1, 0.15) is 37.3 Å². The molecule has 2 fully saturated rings. The van der Waals surface area contributed by atoms with Gasteiger partial charge in [-0.1, -0.05) is 42.5 Å². The summed E-state index contributed by atoms with van der Waals surface area (Å²) < 4.78 is 0. The molecule has 0 aromatic heterocycles. The van der Waals surface area contributed by atoms with Crippen LogP contribution in [0.2, 0.25) is 0 Å². The van der Waals surface area contributed by atoms with E-state index in [1.165, 1.54) is 21.2 Å². The van der Waals surface area contributed by atoms with Gasteiger partial charge in [0.25, 0.3) is 0 Å². The summed E-state index contributed by atoms with van der Waals surface area (Å²) in [5.74, 6) is -0.125. The minimum absolute atomic E-state index is 0.0576. The lowest BCUT2D eigenvalue weighted by Gasteiger charge is -2.26. The molecule has 6 nitrogen and oxygen atoms in total. The first-order valence-electron chi connectivity index (χ1n) is 9.50. The average molecular weight is 365 g/mol. The second kappa shape index (κ2) is 7.39. The summed E-state index contributed by atoms with van der Waals surface area (Å²) in [6, 6.07) is 14.3. The fraction of sp³-hybridized carbons (Fsp3) is 0.381. The van der Waals surface area contributed by atoms with Gasteiger partial charge in [-0.3, -0.25) is 14.5 Å². The van der Waals surface area contributed by atoms with Gasteiger partial charge in [0.2, 0.25) is 11.8 Å². The van der Waals surface area contributed by atoms with Crippen LogP contribution in [0.25, 0.3) is 10.8 Å². The number of carbonyl (C=O) groups is 3. The number of nitrogens with one attached hydrogen (secondary N) is 1. The van der Waals surface area contributed by atoms with Gasteiger partial charge in [-0.05, 0) is 35.6 Å². The highest BCUT2D eigenvalue weighted by Crippen LogP contribution is 2.36. The molecule has 1 N–H and O–H groups in total. The van der Waals surface area contributed by atoms with E-state index in [0.29, 0.717) is 19.4 Å². The molecular weight excluding hydrogens is 342 g/mol. The summed E-state index contributed by atoms with van der Waals surface area (Å²) >= 11 is 0. The van der Waals surface area contributed by atoms with Crippen LogP contribution < -0.4 is 5.32 Å². The minimum atomic E-state index is -0.359. The normalized spacial score (nSPS) is 19.8. The summed E-state index contributed by atoms with van der Waals surface area (Å²) in [6.45, 7) is 1.11. The van der Waals surface area contributed by atoms with Crippen molar-refractivity contribution in [3.63, 3.8) is 0 Å². The third kappa shape index (κ3) is 3.39. The molecular formula is C21H23N3O3. The van der Waals surface area contributed by atoms with E-state index in [2.05, 4.69) is 35.6 Å². The molecule has 1 unspecified atom stereocenters. The van der Waals surface area contributed by atoms with Crippen LogP contribution >= 0.6 is 0 Å². The van der Waals surface area contributed by atoms with E-state index in [9.17, 15) is 14.4 Å². The Balaban J connectivity index is 1.44. The number of amides is 4. The number of likely N-dealkylation sites (tertiary alicyclic amines) is 1. The van der Waals surface area contributed by atoms with Gasteiger partial charge in [-0.2, -0.15) is 0 Å². The highest BCUT2D eigenvalue weighted by atomic mass is 16.2. The first kappa shape index (κ1) is 17.5. The SMILES string of the molecule is O=C1CNC(=O)N1CCCC(=O)N1CCCC1c1cccc2ccccc12. The van der Waals surface area contributed by atoms with Gasteiger partial charge in [0.05, 0.1) is 12.6 Å². The Morgan fingerprint density at radius 2 is 1.93 bits per heavy atom. The topological polar surface area (TPSA) is 69.7 Å². The molecule has 0 bridgehead atoms. The molecule has 2 saturated heterocycles. The van der Waals surface area contributed by atoms with Gasteiger partial charge in [0.1, 0.15) is 0 Å². The molecule has 6 heteroatoms. The predicted octanol–water partition coefficient (Wildman–Crippen LogP) is 2.84. The Morgan fingerprint density at radius 3 is 2.74 bits per heavy atom. The third-order valence-corrected chi connectivity index (χ3v) is 5.46. The van der Waals surface area contributed by atoms with E-state index in [1.807, 2.05) is 17.0 Å². The Morgan fingerprint density at radius 1 is 1.11 bits per heavy atom. The first-order valence-corrected chi connectivity index (χ1v) is 9.50. The number of rotatable bonds is 5. The molecule has 4 rings (SSSR count). The maximum absolute atomic E-state index is 12.8. The smallest absolute Gasteiger partial charge is 0.324 e. The molecule has 4 amide bonds. The molecule has 2 aromatic rings. The summed E-state index contributed by atoms with van der Waals surface area (Å²) in [4.78, 5) is 39.2. The van der Waals surface area contributed by atoms with Crippen molar-refractivity contribution in [3.05, 3.63) is 48.0 Å². The van der Waals surface area contributed by atoms with Gasteiger partial charge in [-0.25, -0.2) is 4.79 Å². The van der Waals surface area contributed by atoms with Crippen molar-refractivity contribution in [3.8, 4) is 0 Å². The summed E-state index contributed by atoms with van der Waals surface area (Å²) in [7, 11) is 0. The molecule has 0 saturated carbocycles. The molecule has 2 aliphatic heterocycles. The zero-order valence-corrected chi connectivity index (χ0v) is 15.2. The Hall–Kier alpha value is -2.89. The van der Waals surface area contributed by atoms with E-state index in [-0.39, 0.29) is 30.4 Å². The van der Waals surface area contributed by atoms with Crippen LogP contribution in [0.5, 0.6) is 0 Å². The molecule has 2 heterocycles. The van der Waals surface area contributed by atoms with Crippen molar-refractivity contribution in [1.29, 1.82) is 0 Å². The lowest BCUT2D eigenvalue weighted by atomic mass is 9.97. The van der Waals surface area contributed by atoms with E-state index in [4.69, 9.17) is 0 Å². The Kier molecular flexibility index (Phi) is 4.79. The van der Waals surface area contributed by atoms with Gasteiger partial charge in [0.15, 0.2) is 0 Å². The average Bonchev–Trinajstić information content (AvgIpc) is 3.29. The van der Waals surface area contributed by atoms with E-state index in [1.54, 1.807) is 0 Å². The van der Waals surface area contributed by atoms with Gasteiger partial charge < -0.3 is 10.2 Å². The zero-order valence-electron chi connectivity index (χ0n) is 15.2. The van der Waals surface area contributed by atoms with Crippen LogP contribution in [0.3, 0.4) is 0 Å². The summed E-state index contributed by atoms with van der Waals surface area (Å²) in [5.41, 5.74) is 1.20. The highest BCUT2D eigenvalue weighted by Gasteiger charge is 2.31. The molecule has 2 aromatic carbocycles. The fourth-order valence-corrected chi connectivity index (χ4v) is 4.14. The monoisotopic (exact) mass is 365 g/mol. The number of carbonyl (C=O) groups excluding carboxylic acids is 3. The Bertz CT molecular complexity index is 874. The molecule has 0 radical (unpaired) electrons. The van der Waals surface area contributed by atoms with Crippen molar-refractivity contribution in [2.75, 3.05) is 19.6 Å². The van der Waals surface area contributed by atoms with Crippen molar-refractivity contribution < 1.29 is 14.4 Å². The number of hydrogen-bond acceptors (Lipinski definition) is 3. The second-order valence-electron chi connectivity index (χ2n) is 7.12. The maximum Gasteiger partial charge on any atom is 0.324 e. The van der Waals surface area contributed by atoms with E-state index < -0.39 is 0 Å². The number of nitrogens with zero attached hydrogens (tertiary/aromatic N) is 2. The van der Waals surface area contributed by atoms with E-state index in [0.717, 1.165) is 19.4 Å². The molecule has 27 heavy (non-hydrogen) atoms. The molecule has 2 aliphatic rings. The number of fused-ring (bicyclic) bond motifs is 1. The van der Waals surface area contributed by atoms with Crippen molar-refractivity contribution in [2.45, 2.75) is 31.7 Å². The van der Waals surface area contributed by atoms with Crippen LogP contribution in [-0.4, -0.2) is 47.3 Å². The third-order valence-electron chi connectivity index (χ3n) is 5.46. The van der Waals surface area contributed by atoms with Gasteiger partial charge in [-0.15, -0.1) is 0 Å². The van der Waals surface area contributed by atoms with E-state index >= 15 is 0 Å². The number of hydrogen-bond donors (Lipinski definition) is 1. The first-order chi connectivity index (χ1) is 13.1. The molecule has 0 aliphatic carbocycles. The molecule has 1 atom stereocenters. The van der Waals surface area contributed by atoms with Gasteiger partial charge in [0, 0.05) is 19.5 Å². The largest absolute Gasteiger partial charge is 0.336 e. The molecule has 140 valence electrons. The minimum Gasteiger partial charge on any atom is -0.336 e. The van der Waals surface area contributed by atoms with Crippen molar-refractivity contribution >= 4 is 28.6 Å². The van der Waals surface area contributed by atoms with Crippen LogP contribution in [0.15, 0.2) is 42.5 Å². The second-order valence-corrected chi connectivity index (χ2v) is 7.12. The number of benzene rings is 2. The van der Waals surface area contributed by atoms with Crippen LogP contribution in [0.4, 0.5) is 4.79 Å². The van der Waals surface area contributed by atoms with Crippen LogP contribution in [-0.2, 0) is 9.59 Å². The number of urea groups is 1. The standard InChI is InChI=1S/C21H23N3O3/c25-19(11-5-13-24-20(26)14-22-21(24)27)23-12-4-10-18(23)17-9-3-7-15-6-1-2-8-16(15)17/h1-3,6-9,18H,4-5,10-14H2,(H,22,27). The predicted molar refractivity (Wildman–Crippen MR) is 102 cm³/mol. The highest BCUT2D eigenvalue weighted by molar-refractivity contribution is 6.01. The zero-order chi connectivity index (χ0) is 18.8. The van der Waals surface area contributed by atoms with Gasteiger partial charge >= 0.3 is 6.03 Å². The quantitative estimate of drug-likeness (QED) is 0.829. The lowest BCUT2D eigenvalue weighted by Crippen LogP contribution is -2.34. The summed E-state index contributed by atoms with van der Waals surface area (Å²) in [6.07, 6.45) is 2.80. The number of imide groups is 1. The maximum atomic E-state index is 12.8. The fourth-order valence-electron chi connectivity index (χ4n) is 4.14. The summed E-state index contributed by atoms with van der Waals surface area (Å²) in [5, 5.41) is 4.89.